The van der Waals surface area contributed by atoms with Gasteiger partial charge in [-0.2, -0.15) is 0 Å². The number of hydrogen-bond acceptors (Lipinski definition) is 3. The number of nitrogens with zero attached hydrogens (tertiary/aromatic N) is 3. The van der Waals surface area contributed by atoms with Crippen LogP contribution in [0, 0.1) is 6.92 Å². The minimum atomic E-state index is -0.183. The maximum atomic E-state index is 4.20. The fraction of sp³-hybridized carbons (Fsp3) is 0.333. The molecule has 2 heterocycles. The zero-order chi connectivity index (χ0) is 11.3. The van der Waals surface area contributed by atoms with Gasteiger partial charge < -0.3 is 5.32 Å². The van der Waals surface area contributed by atoms with Crippen molar-refractivity contribution in [3.63, 3.8) is 0 Å². The van der Waals surface area contributed by atoms with E-state index in [1.807, 2.05) is 0 Å². The van der Waals surface area contributed by atoms with Crippen LogP contribution in [-0.4, -0.2) is 14.8 Å². The van der Waals surface area contributed by atoms with Crippen molar-refractivity contribution >= 4 is 5.69 Å². The van der Waals surface area contributed by atoms with Crippen LogP contribution in [0.2, 0.25) is 0 Å². The van der Waals surface area contributed by atoms with Gasteiger partial charge in [-0.1, -0.05) is 12.1 Å². The van der Waals surface area contributed by atoms with E-state index in [9.17, 15) is 0 Å². The molecule has 0 radical (unpaired) electrons. The Hall–Kier alpha value is -1.84. The number of benzene rings is 1. The lowest BCUT2D eigenvalue weighted by atomic mass is 9.99. The Morgan fingerprint density at radius 1 is 1.31 bits per heavy atom. The molecule has 0 amide bonds. The van der Waals surface area contributed by atoms with Crippen molar-refractivity contribution < 1.29 is 0 Å². The average Bonchev–Trinajstić information content (AvgIpc) is 2.66. The van der Waals surface area contributed by atoms with Crippen molar-refractivity contribution in [1.82, 2.24) is 14.8 Å². The molecule has 1 aliphatic rings. The predicted molar refractivity (Wildman–Crippen MR) is 62.7 cm³/mol. The van der Waals surface area contributed by atoms with Crippen LogP contribution in [0.3, 0.4) is 0 Å². The second-order valence-electron chi connectivity index (χ2n) is 4.75. The van der Waals surface area contributed by atoms with E-state index in [-0.39, 0.29) is 5.54 Å². The van der Waals surface area contributed by atoms with Gasteiger partial charge in [0.1, 0.15) is 6.33 Å². The van der Waals surface area contributed by atoms with Crippen LogP contribution in [-0.2, 0) is 5.54 Å². The molecule has 82 valence electrons. The highest BCUT2D eigenvalue weighted by Gasteiger charge is 2.32. The molecule has 0 bridgehead atoms. The highest BCUT2D eigenvalue weighted by Crippen LogP contribution is 2.36. The van der Waals surface area contributed by atoms with Crippen molar-refractivity contribution in [2.45, 2.75) is 26.3 Å². The van der Waals surface area contributed by atoms with E-state index in [0.29, 0.717) is 0 Å². The van der Waals surface area contributed by atoms with Gasteiger partial charge in [-0.05, 0) is 32.4 Å². The third-order valence-corrected chi connectivity index (χ3v) is 3.03. The van der Waals surface area contributed by atoms with E-state index < -0.39 is 0 Å². The molecule has 2 aromatic rings. The topological polar surface area (TPSA) is 42.7 Å². The molecule has 0 saturated carbocycles. The average molecular weight is 214 g/mol. The summed E-state index contributed by atoms with van der Waals surface area (Å²) in [4.78, 5) is 0. The van der Waals surface area contributed by atoms with E-state index in [0.717, 1.165) is 17.2 Å². The Balaban J connectivity index is 2.35. The molecule has 0 spiro atoms. The van der Waals surface area contributed by atoms with Crippen molar-refractivity contribution in [1.29, 1.82) is 0 Å². The summed E-state index contributed by atoms with van der Waals surface area (Å²) in [7, 11) is 0. The number of nitrogens with one attached hydrogen (secondary N) is 1. The SMILES string of the molecule is Cc1cccc2c1-n1cnnc1C(C)(C)N2. The van der Waals surface area contributed by atoms with Gasteiger partial charge in [0.25, 0.3) is 0 Å². The second-order valence-corrected chi connectivity index (χ2v) is 4.75. The fourth-order valence-electron chi connectivity index (χ4n) is 2.30. The highest BCUT2D eigenvalue weighted by atomic mass is 15.3. The Kier molecular flexibility index (Phi) is 1.67. The minimum absolute atomic E-state index is 0.183. The zero-order valence-electron chi connectivity index (χ0n) is 9.65. The summed E-state index contributed by atoms with van der Waals surface area (Å²) in [6.45, 7) is 6.32. The molecule has 0 saturated heterocycles. The highest BCUT2D eigenvalue weighted by molar-refractivity contribution is 5.68. The molecule has 0 fully saturated rings. The van der Waals surface area contributed by atoms with E-state index in [4.69, 9.17) is 0 Å². The number of hydrogen-bond donors (Lipinski definition) is 1. The van der Waals surface area contributed by atoms with Gasteiger partial charge in [-0.25, -0.2) is 0 Å². The fourth-order valence-corrected chi connectivity index (χ4v) is 2.30. The van der Waals surface area contributed by atoms with Gasteiger partial charge in [0.2, 0.25) is 0 Å². The maximum Gasteiger partial charge on any atom is 0.162 e. The number of aryl methyl sites for hydroxylation is 1. The van der Waals surface area contributed by atoms with Crippen LogP contribution >= 0.6 is 0 Å². The van der Waals surface area contributed by atoms with Gasteiger partial charge in [-0.3, -0.25) is 4.57 Å². The lowest BCUT2D eigenvalue weighted by Crippen LogP contribution is -2.35. The summed E-state index contributed by atoms with van der Waals surface area (Å²) in [5, 5.41) is 11.7. The first-order valence-corrected chi connectivity index (χ1v) is 5.38. The second kappa shape index (κ2) is 2.84. The molecule has 1 aliphatic heterocycles. The third kappa shape index (κ3) is 1.10. The molecular weight excluding hydrogens is 200 g/mol. The first-order chi connectivity index (χ1) is 7.59. The van der Waals surface area contributed by atoms with Crippen molar-refractivity contribution in [2.75, 3.05) is 5.32 Å². The Labute approximate surface area is 94.3 Å². The smallest absolute Gasteiger partial charge is 0.162 e. The molecule has 0 unspecified atom stereocenters. The normalized spacial score (nSPS) is 16.2. The molecule has 16 heavy (non-hydrogen) atoms. The standard InChI is InChI=1S/C12H14N4/c1-8-5-4-6-9-10(8)16-7-13-15-11(16)12(2,3)14-9/h4-7,14H,1-3H3. The molecule has 0 aliphatic carbocycles. The first kappa shape index (κ1) is 9.39. The molecular formula is C12H14N4. The Morgan fingerprint density at radius 3 is 2.94 bits per heavy atom. The molecule has 4 heteroatoms. The quantitative estimate of drug-likeness (QED) is 0.731. The molecule has 4 nitrogen and oxygen atoms in total. The first-order valence-electron chi connectivity index (χ1n) is 5.38. The van der Waals surface area contributed by atoms with Crippen LogP contribution in [0.1, 0.15) is 25.2 Å². The van der Waals surface area contributed by atoms with Crippen LogP contribution in [0.25, 0.3) is 5.69 Å². The minimum Gasteiger partial charge on any atom is -0.371 e. The monoisotopic (exact) mass is 214 g/mol. The summed E-state index contributed by atoms with van der Waals surface area (Å²) in [6.07, 6.45) is 1.78. The number of anilines is 1. The number of rotatable bonds is 0. The Morgan fingerprint density at radius 2 is 2.12 bits per heavy atom. The summed E-state index contributed by atoms with van der Waals surface area (Å²) in [6, 6.07) is 6.25. The predicted octanol–water partition coefficient (Wildman–Crippen LogP) is 2.24. The van der Waals surface area contributed by atoms with Crippen molar-refractivity contribution in [3.8, 4) is 5.69 Å². The molecule has 3 rings (SSSR count). The van der Waals surface area contributed by atoms with Crippen molar-refractivity contribution in [2.24, 2.45) is 0 Å². The molecule has 1 N–H and O–H groups in total. The number of para-hydroxylation sites is 1. The van der Waals surface area contributed by atoms with Crippen LogP contribution in [0.15, 0.2) is 24.5 Å². The number of aromatic nitrogens is 3. The molecule has 0 atom stereocenters. The van der Waals surface area contributed by atoms with Gasteiger partial charge in [0.05, 0.1) is 16.9 Å². The Bertz CT molecular complexity index is 554. The van der Waals surface area contributed by atoms with Crippen LogP contribution in [0.5, 0.6) is 0 Å². The van der Waals surface area contributed by atoms with Gasteiger partial charge in [-0.15, -0.1) is 10.2 Å². The lowest BCUT2D eigenvalue weighted by molar-refractivity contribution is 0.536. The van der Waals surface area contributed by atoms with E-state index >= 15 is 0 Å². The molecule has 1 aromatic carbocycles. The van der Waals surface area contributed by atoms with E-state index in [1.165, 1.54) is 5.56 Å². The van der Waals surface area contributed by atoms with Crippen molar-refractivity contribution in [3.05, 3.63) is 35.9 Å². The van der Waals surface area contributed by atoms with Crippen LogP contribution < -0.4 is 5.32 Å². The molecule has 1 aromatic heterocycles. The third-order valence-electron chi connectivity index (χ3n) is 3.03. The summed E-state index contributed by atoms with van der Waals surface area (Å²) >= 11 is 0. The van der Waals surface area contributed by atoms with Gasteiger partial charge in [0.15, 0.2) is 5.82 Å². The summed E-state index contributed by atoms with van der Waals surface area (Å²) < 4.78 is 2.07. The van der Waals surface area contributed by atoms with Gasteiger partial charge >= 0.3 is 0 Å². The largest absolute Gasteiger partial charge is 0.371 e. The zero-order valence-corrected chi connectivity index (χ0v) is 9.65. The lowest BCUT2D eigenvalue weighted by Gasteiger charge is -2.33. The maximum absolute atomic E-state index is 4.20. The van der Waals surface area contributed by atoms with E-state index in [1.54, 1.807) is 6.33 Å². The van der Waals surface area contributed by atoms with E-state index in [2.05, 4.69) is 59.1 Å². The summed E-state index contributed by atoms with van der Waals surface area (Å²) in [5.41, 5.74) is 3.33. The van der Waals surface area contributed by atoms with Crippen LogP contribution in [0.4, 0.5) is 5.69 Å². The number of fused-ring (bicyclic) bond motifs is 3. The summed E-state index contributed by atoms with van der Waals surface area (Å²) in [5.74, 6) is 0.953. The van der Waals surface area contributed by atoms with Gasteiger partial charge in [0, 0.05) is 0 Å².